The summed E-state index contributed by atoms with van der Waals surface area (Å²) in [6, 6.07) is 14.8. The van der Waals surface area contributed by atoms with Gasteiger partial charge in [-0.2, -0.15) is 0 Å². The number of hydrogen-bond acceptors (Lipinski definition) is 6. The van der Waals surface area contributed by atoms with Crippen LogP contribution in [-0.4, -0.2) is 60.8 Å². The maximum absolute atomic E-state index is 13.1. The Labute approximate surface area is 227 Å². The number of phenols is 1. The molecule has 9 heteroatoms. The third kappa shape index (κ3) is 5.06. The summed E-state index contributed by atoms with van der Waals surface area (Å²) in [6.07, 6.45) is 3.48. The first-order chi connectivity index (χ1) is 18.3. The number of likely N-dealkylation sites (tertiary alicyclic amines) is 1. The van der Waals surface area contributed by atoms with Crippen LogP contribution in [0.1, 0.15) is 30.4 Å². The Kier molecular flexibility index (Phi) is 7.77. The lowest BCUT2D eigenvalue weighted by molar-refractivity contribution is -0.138. The predicted octanol–water partition coefficient (Wildman–Crippen LogP) is 4.44. The van der Waals surface area contributed by atoms with Gasteiger partial charge in [-0.05, 0) is 83.6 Å². The van der Waals surface area contributed by atoms with E-state index in [1.54, 1.807) is 19.2 Å². The highest BCUT2D eigenvalue weighted by Crippen LogP contribution is 2.50. The molecule has 3 aliphatic rings. The number of ether oxygens (including phenoxy) is 1. The van der Waals surface area contributed by atoms with Crippen LogP contribution in [0, 0.1) is 17.8 Å². The number of imide groups is 1. The number of halogens is 1. The van der Waals surface area contributed by atoms with Gasteiger partial charge < -0.3 is 19.5 Å². The van der Waals surface area contributed by atoms with Crippen molar-refractivity contribution in [3.05, 3.63) is 75.8 Å². The fourth-order valence-corrected chi connectivity index (χ4v) is 6.52. The second kappa shape index (κ2) is 11.1. The molecule has 2 amide bonds. The summed E-state index contributed by atoms with van der Waals surface area (Å²) in [7, 11) is 2.13. The number of fused-ring (bicyclic) bond motifs is 3. The molecule has 2 saturated heterocycles. The van der Waals surface area contributed by atoms with Crippen molar-refractivity contribution < 1.29 is 29.1 Å². The molecule has 5 rings (SSSR count). The number of carbonyl (C=O) groups is 2. The van der Waals surface area contributed by atoms with E-state index in [4.69, 9.17) is 21.0 Å². The molecule has 2 N–H and O–H groups in total. The van der Waals surface area contributed by atoms with E-state index in [-0.39, 0.29) is 29.8 Å². The van der Waals surface area contributed by atoms with Crippen molar-refractivity contribution in [2.45, 2.75) is 31.7 Å². The van der Waals surface area contributed by atoms with Gasteiger partial charge in [0.15, 0.2) is 0 Å². The van der Waals surface area contributed by atoms with E-state index in [1.165, 1.54) is 18.0 Å². The van der Waals surface area contributed by atoms with E-state index in [1.807, 2.05) is 36.4 Å². The van der Waals surface area contributed by atoms with Crippen LogP contribution >= 0.6 is 11.6 Å². The normalized spacial score (nSPS) is 25.6. The molecule has 0 unspecified atom stereocenters. The van der Waals surface area contributed by atoms with E-state index >= 15 is 0 Å². The summed E-state index contributed by atoms with van der Waals surface area (Å²) in [5.41, 5.74) is 4.80. The van der Waals surface area contributed by atoms with Crippen molar-refractivity contribution in [3.8, 4) is 5.75 Å². The first-order valence-corrected chi connectivity index (χ1v) is 13.3. The molecule has 0 bridgehead atoms. The number of allylic oxidation sites excluding steroid dienone is 1. The van der Waals surface area contributed by atoms with Gasteiger partial charge in [-0.3, -0.25) is 14.5 Å². The summed E-state index contributed by atoms with van der Waals surface area (Å²) in [5.74, 6) is -1.42. The number of benzene rings is 2. The number of aromatic hydroxyl groups is 1. The number of phenolic OH excluding ortho intramolecular Hbond substituents is 1. The fourth-order valence-electron chi connectivity index (χ4n) is 6.29. The minimum atomic E-state index is -1.03. The highest BCUT2D eigenvalue weighted by atomic mass is 35.5. The van der Waals surface area contributed by atoms with Crippen LogP contribution in [-0.2, 0) is 19.0 Å². The molecule has 2 heterocycles. The SMILES string of the molecule is COCC1=C2[C@@H](CC/C(=C/c3ccc(O)cc3Cl)c3ccccc3)OB(O)C[C@@H]2[C@@H]2C(=O)N(C)C(=O)[C@@H]2C1. The minimum Gasteiger partial charge on any atom is -0.508 e. The van der Waals surface area contributed by atoms with Crippen LogP contribution in [0.4, 0.5) is 0 Å². The van der Waals surface area contributed by atoms with Crippen LogP contribution in [0.15, 0.2) is 59.7 Å². The fraction of sp³-hybridized carbons (Fsp3) is 0.379. The van der Waals surface area contributed by atoms with Gasteiger partial charge in [-0.25, -0.2) is 0 Å². The molecular weight excluding hydrogens is 505 g/mol. The minimum absolute atomic E-state index is 0.0999. The van der Waals surface area contributed by atoms with Crippen LogP contribution in [0.5, 0.6) is 5.75 Å². The van der Waals surface area contributed by atoms with E-state index in [0.717, 1.165) is 27.8 Å². The lowest BCUT2D eigenvalue weighted by Crippen LogP contribution is -2.46. The standard InChI is InChI=1S/C29H31BClNO6/c1-32-28(34)22-13-20(16-37-2)26-23(27(22)29(32)35)15-30(36)38-25(26)11-9-18(17-6-4-3-5-7-17)12-19-8-10-21(33)14-24(19)31/h3-8,10,12,14,22-23,25,27,33,36H,9,11,13,15-16H2,1-2H3/b18-12-/t22-,23+,25-,27-/m1/s1. The van der Waals surface area contributed by atoms with Crippen molar-refractivity contribution in [1.29, 1.82) is 0 Å². The molecule has 0 radical (unpaired) electrons. The first-order valence-electron chi connectivity index (χ1n) is 12.9. The zero-order valence-corrected chi connectivity index (χ0v) is 22.2. The molecule has 2 aliphatic heterocycles. The van der Waals surface area contributed by atoms with Gasteiger partial charge in [-0.1, -0.05) is 41.9 Å². The second-order valence-corrected chi connectivity index (χ2v) is 10.7. The Morgan fingerprint density at radius 3 is 2.66 bits per heavy atom. The predicted molar refractivity (Wildman–Crippen MR) is 146 cm³/mol. The average Bonchev–Trinajstić information content (AvgIpc) is 3.11. The Morgan fingerprint density at radius 1 is 1.18 bits per heavy atom. The summed E-state index contributed by atoms with van der Waals surface area (Å²) >= 11 is 6.42. The van der Waals surface area contributed by atoms with Crippen molar-refractivity contribution in [2.75, 3.05) is 20.8 Å². The monoisotopic (exact) mass is 535 g/mol. The number of carbonyl (C=O) groups excluding carboxylic acids is 2. The van der Waals surface area contributed by atoms with Crippen LogP contribution in [0.25, 0.3) is 11.6 Å². The quantitative estimate of drug-likeness (QED) is 0.236. The third-order valence-electron chi connectivity index (χ3n) is 7.98. The Hall–Kier alpha value is -2.91. The molecule has 0 aromatic heterocycles. The van der Waals surface area contributed by atoms with Gasteiger partial charge in [0.05, 0.1) is 29.6 Å². The van der Waals surface area contributed by atoms with Crippen molar-refractivity contribution in [3.63, 3.8) is 0 Å². The lowest BCUT2D eigenvalue weighted by atomic mass is 9.58. The Morgan fingerprint density at radius 2 is 1.95 bits per heavy atom. The average molecular weight is 536 g/mol. The van der Waals surface area contributed by atoms with Gasteiger partial charge in [0.1, 0.15) is 5.75 Å². The topological polar surface area (TPSA) is 96.3 Å². The number of hydrogen-bond donors (Lipinski definition) is 2. The number of nitrogens with zero attached hydrogens (tertiary/aromatic N) is 1. The first kappa shape index (κ1) is 26.7. The van der Waals surface area contributed by atoms with E-state index in [9.17, 15) is 19.7 Å². The highest BCUT2D eigenvalue weighted by Gasteiger charge is 2.56. The number of methoxy groups -OCH3 is 1. The molecule has 2 aromatic rings. The molecule has 2 aromatic carbocycles. The van der Waals surface area contributed by atoms with Gasteiger partial charge in [0.25, 0.3) is 0 Å². The van der Waals surface area contributed by atoms with Crippen molar-refractivity contribution in [2.24, 2.45) is 17.8 Å². The van der Waals surface area contributed by atoms with Crippen molar-refractivity contribution in [1.82, 2.24) is 4.90 Å². The smallest absolute Gasteiger partial charge is 0.455 e. The van der Waals surface area contributed by atoms with Crippen LogP contribution in [0.2, 0.25) is 11.3 Å². The molecule has 1 aliphatic carbocycles. The molecule has 7 nitrogen and oxygen atoms in total. The van der Waals surface area contributed by atoms with E-state index in [2.05, 4.69) is 0 Å². The maximum Gasteiger partial charge on any atom is 0.455 e. The van der Waals surface area contributed by atoms with E-state index < -0.39 is 25.1 Å². The third-order valence-corrected chi connectivity index (χ3v) is 8.31. The zero-order chi connectivity index (χ0) is 27.0. The summed E-state index contributed by atoms with van der Waals surface area (Å²) < 4.78 is 11.6. The van der Waals surface area contributed by atoms with Crippen LogP contribution in [0.3, 0.4) is 0 Å². The molecule has 4 atom stereocenters. The van der Waals surface area contributed by atoms with Gasteiger partial charge in [-0.15, -0.1) is 0 Å². The molecule has 38 heavy (non-hydrogen) atoms. The Bertz CT molecular complexity index is 1300. The number of amides is 2. The summed E-state index contributed by atoms with van der Waals surface area (Å²) in [5, 5.41) is 20.9. The maximum atomic E-state index is 13.1. The molecule has 198 valence electrons. The summed E-state index contributed by atoms with van der Waals surface area (Å²) in [6.45, 7) is 0.348. The summed E-state index contributed by atoms with van der Waals surface area (Å²) in [4.78, 5) is 27.2. The van der Waals surface area contributed by atoms with E-state index in [0.29, 0.717) is 30.9 Å². The Balaban J connectivity index is 1.49. The van der Waals surface area contributed by atoms with Crippen molar-refractivity contribution >= 4 is 42.2 Å². The molecule has 2 fully saturated rings. The van der Waals surface area contributed by atoms with Gasteiger partial charge in [0.2, 0.25) is 11.8 Å². The largest absolute Gasteiger partial charge is 0.508 e. The molecular formula is C29H31BClNO6. The lowest BCUT2D eigenvalue weighted by Gasteiger charge is -2.43. The van der Waals surface area contributed by atoms with Gasteiger partial charge in [0, 0.05) is 14.2 Å². The highest BCUT2D eigenvalue weighted by molar-refractivity contribution is 6.43. The zero-order valence-electron chi connectivity index (χ0n) is 21.5. The van der Waals surface area contributed by atoms with Crippen LogP contribution < -0.4 is 0 Å². The molecule has 0 spiro atoms. The second-order valence-electron chi connectivity index (χ2n) is 10.3. The number of rotatable bonds is 7. The molecule has 0 saturated carbocycles. The van der Waals surface area contributed by atoms with Gasteiger partial charge >= 0.3 is 7.12 Å².